The van der Waals surface area contributed by atoms with Crippen molar-refractivity contribution in [1.82, 2.24) is 5.32 Å². The molecule has 0 atom stereocenters. The van der Waals surface area contributed by atoms with Gasteiger partial charge in [-0.3, -0.25) is 4.79 Å². The summed E-state index contributed by atoms with van der Waals surface area (Å²) in [6.07, 6.45) is 7.91. The van der Waals surface area contributed by atoms with E-state index >= 15 is 0 Å². The van der Waals surface area contributed by atoms with Crippen molar-refractivity contribution in [3.8, 4) is 0 Å². The fourth-order valence-electron chi connectivity index (χ4n) is 1.41. The number of amides is 1. The Labute approximate surface area is 90.7 Å². The first-order valence-electron chi connectivity index (χ1n) is 4.90. The first kappa shape index (κ1) is 10.2. The Balaban J connectivity index is 1.82. The average Bonchev–Trinajstić information content (AvgIpc) is 2.80. The third-order valence-corrected chi connectivity index (χ3v) is 2.22. The quantitative estimate of drug-likeness (QED) is 0.788. The molecular weight excluding hydrogens is 186 g/mol. The van der Waals surface area contributed by atoms with E-state index in [1.807, 2.05) is 43.9 Å². The molecule has 1 amide bonds. The van der Waals surface area contributed by atoms with E-state index < -0.39 is 0 Å². The van der Waals surface area contributed by atoms with Crippen LogP contribution in [0.25, 0.3) is 0 Å². The molecule has 1 aromatic carbocycles. The summed E-state index contributed by atoms with van der Waals surface area (Å²) in [5.41, 5.74) is 0.698. The lowest BCUT2D eigenvalue weighted by atomic mass is 10.1. The number of carbonyl (C=O) groups is 1. The summed E-state index contributed by atoms with van der Waals surface area (Å²) in [6.45, 7) is 0.584. The highest BCUT2D eigenvalue weighted by Crippen LogP contribution is 2.21. The number of benzene rings is 1. The van der Waals surface area contributed by atoms with Crippen LogP contribution in [0, 0.1) is 31.6 Å². The van der Waals surface area contributed by atoms with Crippen molar-refractivity contribution in [2.75, 3.05) is 6.54 Å². The van der Waals surface area contributed by atoms with E-state index in [9.17, 15) is 4.79 Å². The molecule has 0 unspecified atom stereocenters. The Bertz CT molecular complexity index is 315. The summed E-state index contributed by atoms with van der Waals surface area (Å²) in [5, 5.41) is 2.86. The molecule has 1 N–H and O–H groups in total. The molecule has 15 heavy (non-hydrogen) atoms. The van der Waals surface area contributed by atoms with Gasteiger partial charge in [0.2, 0.25) is 0 Å². The van der Waals surface area contributed by atoms with E-state index in [2.05, 4.69) is 5.32 Å². The van der Waals surface area contributed by atoms with Crippen LogP contribution < -0.4 is 5.32 Å². The van der Waals surface area contributed by atoms with Crippen molar-refractivity contribution in [1.29, 1.82) is 0 Å². The minimum absolute atomic E-state index is 0.0307. The van der Waals surface area contributed by atoms with Crippen LogP contribution in [0.2, 0.25) is 0 Å². The SMILES string of the molecule is O=C(NC[C]1[CH][CH][CH][CH]1)c1ccccc1. The van der Waals surface area contributed by atoms with Crippen molar-refractivity contribution in [3.63, 3.8) is 0 Å². The Kier molecular flexibility index (Phi) is 3.38. The predicted octanol–water partition coefficient (Wildman–Crippen LogP) is 1.82. The summed E-state index contributed by atoms with van der Waals surface area (Å²) in [6, 6.07) is 9.23. The first-order valence-corrected chi connectivity index (χ1v) is 4.90. The maximum Gasteiger partial charge on any atom is 0.251 e. The molecule has 5 radical (unpaired) electrons. The fourth-order valence-corrected chi connectivity index (χ4v) is 1.41. The van der Waals surface area contributed by atoms with E-state index in [-0.39, 0.29) is 5.91 Å². The second kappa shape index (κ2) is 4.96. The Hall–Kier alpha value is -1.31. The fraction of sp³-hybridized carbons (Fsp3) is 0.0769. The lowest BCUT2D eigenvalue weighted by Crippen LogP contribution is -2.27. The third-order valence-electron chi connectivity index (χ3n) is 2.22. The molecule has 0 bridgehead atoms. The smallest absolute Gasteiger partial charge is 0.251 e. The minimum Gasteiger partial charge on any atom is -0.351 e. The molecule has 1 fully saturated rings. The monoisotopic (exact) mass is 198 g/mol. The van der Waals surface area contributed by atoms with Crippen LogP contribution in [0.15, 0.2) is 30.3 Å². The van der Waals surface area contributed by atoms with Gasteiger partial charge < -0.3 is 5.32 Å². The van der Waals surface area contributed by atoms with Gasteiger partial charge in [-0.1, -0.05) is 18.2 Å². The summed E-state index contributed by atoms with van der Waals surface area (Å²) in [7, 11) is 0. The largest absolute Gasteiger partial charge is 0.351 e. The molecule has 0 aromatic heterocycles. The van der Waals surface area contributed by atoms with Crippen LogP contribution in [0.5, 0.6) is 0 Å². The van der Waals surface area contributed by atoms with Gasteiger partial charge in [0.25, 0.3) is 5.91 Å². The van der Waals surface area contributed by atoms with Crippen molar-refractivity contribution in [2.45, 2.75) is 0 Å². The molecule has 1 aliphatic rings. The van der Waals surface area contributed by atoms with Crippen molar-refractivity contribution < 1.29 is 4.79 Å². The van der Waals surface area contributed by atoms with Gasteiger partial charge in [-0.25, -0.2) is 0 Å². The van der Waals surface area contributed by atoms with Gasteiger partial charge in [-0.2, -0.15) is 0 Å². The molecule has 1 aromatic rings. The summed E-state index contributed by atoms with van der Waals surface area (Å²) < 4.78 is 0. The van der Waals surface area contributed by atoms with Gasteiger partial charge in [-0.05, 0) is 37.8 Å². The van der Waals surface area contributed by atoms with Crippen LogP contribution in [-0.2, 0) is 0 Å². The second-order valence-corrected chi connectivity index (χ2v) is 3.34. The normalized spacial score (nSPS) is 16.5. The summed E-state index contributed by atoms with van der Waals surface area (Å²) in [5.74, 6) is 1.09. The van der Waals surface area contributed by atoms with E-state index in [1.165, 1.54) is 0 Å². The van der Waals surface area contributed by atoms with Crippen molar-refractivity contribution in [3.05, 3.63) is 67.5 Å². The molecule has 2 heteroatoms. The molecular formula is C13H12NO. The van der Waals surface area contributed by atoms with E-state index in [1.54, 1.807) is 12.1 Å². The number of carbonyl (C=O) groups excluding carboxylic acids is 1. The van der Waals surface area contributed by atoms with E-state index in [0.29, 0.717) is 12.1 Å². The van der Waals surface area contributed by atoms with Crippen molar-refractivity contribution >= 4 is 5.91 Å². The molecule has 0 aliphatic heterocycles. The Morgan fingerprint density at radius 3 is 2.40 bits per heavy atom. The van der Waals surface area contributed by atoms with Gasteiger partial charge in [0.15, 0.2) is 0 Å². The average molecular weight is 198 g/mol. The zero-order chi connectivity index (χ0) is 10.5. The number of rotatable bonds is 3. The van der Waals surface area contributed by atoms with Crippen LogP contribution >= 0.6 is 0 Å². The van der Waals surface area contributed by atoms with Gasteiger partial charge in [0.05, 0.1) is 0 Å². The zero-order valence-corrected chi connectivity index (χ0v) is 8.31. The lowest BCUT2D eigenvalue weighted by Gasteiger charge is -2.09. The molecule has 2 rings (SSSR count). The number of nitrogens with one attached hydrogen (secondary N) is 1. The Morgan fingerprint density at radius 2 is 1.73 bits per heavy atom. The second-order valence-electron chi connectivity index (χ2n) is 3.34. The molecule has 1 aliphatic carbocycles. The molecule has 75 valence electrons. The maximum atomic E-state index is 11.6. The van der Waals surface area contributed by atoms with Crippen LogP contribution in [0.3, 0.4) is 0 Å². The maximum absolute atomic E-state index is 11.6. The van der Waals surface area contributed by atoms with Crippen LogP contribution in [-0.4, -0.2) is 12.5 Å². The highest BCUT2D eigenvalue weighted by Gasteiger charge is 2.17. The molecule has 0 spiro atoms. The number of hydrogen-bond acceptors (Lipinski definition) is 1. The Morgan fingerprint density at radius 1 is 1.07 bits per heavy atom. The van der Waals surface area contributed by atoms with Crippen molar-refractivity contribution in [2.24, 2.45) is 0 Å². The number of hydrogen-bond donors (Lipinski definition) is 1. The van der Waals surface area contributed by atoms with Gasteiger partial charge in [0.1, 0.15) is 0 Å². The lowest BCUT2D eigenvalue weighted by molar-refractivity contribution is 0.0956. The van der Waals surface area contributed by atoms with Gasteiger partial charge in [-0.15, -0.1) is 0 Å². The summed E-state index contributed by atoms with van der Waals surface area (Å²) >= 11 is 0. The molecule has 2 nitrogen and oxygen atoms in total. The molecule has 0 heterocycles. The van der Waals surface area contributed by atoms with Crippen LogP contribution in [0.4, 0.5) is 0 Å². The minimum atomic E-state index is -0.0307. The third kappa shape index (κ3) is 2.82. The van der Waals surface area contributed by atoms with Gasteiger partial charge in [0, 0.05) is 18.0 Å². The highest BCUT2D eigenvalue weighted by molar-refractivity contribution is 5.94. The summed E-state index contributed by atoms with van der Waals surface area (Å²) in [4.78, 5) is 11.6. The highest BCUT2D eigenvalue weighted by atomic mass is 16.1. The van der Waals surface area contributed by atoms with Gasteiger partial charge >= 0.3 is 0 Å². The van der Waals surface area contributed by atoms with E-state index in [0.717, 1.165) is 5.92 Å². The van der Waals surface area contributed by atoms with Crippen LogP contribution in [0.1, 0.15) is 10.4 Å². The zero-order valence-electron chi connectivity index (χ0n) is 8.31. The predicted molar refractivity (Wildman–Crippen MR) is 59.2 cm³/mol. The standard InChI is InChI=1S/C13H12NO/c15-13(12-8-2-1-3-9-12)14-10-11-6-4-5-7-11/h1-9H,10H2,(H,14,15). The molecule has 1 saturated carbocycles. The topological polar surface area (TPSA) is 29.1 Å². The first-order chi connectivity index (χ1) is 7.36. The molecule has 0 saturated heterocycles. The van der Waals surface area contributed by atoms with E-state index in [4.69, 9.17) is 0 Å².